The van der Waals surface area contributed by atoms with Gasteiger partial charge in [-0.25, -0.2) is 0 Å². The minimum absolute atomic E-state index is 0.468. The van der Waals surface area contributed by atoms with Gasteiger partial charge in [0.1, 0.15) is 6.04 Å². The highest BCUT2D eigenvalue weighted by Gasteiger charge is 2.17. The lowest BCUT2D eigenvalue weighted by atomic mass is 10.1. The Balaban J connectivity index is 3.90. The maximum absolute atomic E-state index is 10.7. The zero-order valence-corrected chi connectivity index (χ0v) is 9.58. The van der Waals surface area contributed by atoms with E-state index >= 15 is 0 Å². The predicted octanol–water partition coefficient (Wildman–Crippen LogP) is 0.637. The second kappa shape index (κ2) is 6.79. The molecule has 84 valence electrons. The SMILES string of the molecule is CCC(C)CN(C)CC(NC)C(=O)O. The van der Waals surface area contributed by atoms with Crippen molar-refractivity contribution in [1.82, 2.24) is 10.2 Å². The Morgan fingerprint density at radius 1 is 1.50 bits per heavy atom. The van der Waals surface area contributed by atoms with Gasteiger partial charge in [-0.1, -0.05) is 20.3 Å². The second-order valence-electron chi connectivity index (χ2n) is 3.91. The smallest absolute Gasteiger partial charge is 0.322 e. The molecule has 0 spiro atoms. The molecule has 2 N–H and O–H groups in total. The molecular formula is C10H22N2O2. The monoisotopic (exact) mass is 202 g/mol. The zero-order valence-electron chi connectivity index (χ0n) is 9.58. The second-order valence-corrected chi connectivity index (χ2v) is 3.91. The topological polar surface area (TPSA) is 52.6 Å². The third-order valence-electron chi connectivity index (χ3n) is 2.46. The molecule has 2 atom stereocenters. The Morgan fingerprint density at radius 2 is 2.07 bits per heavy atom. The van der Waals surface area contributed by atoms with Crippen LogP contribution >= 0.6 is 0 Å². The summed E-state index contributed by atoms with van der Waals surface area (Å²) in [5.41, 5.74) is 0. The van der Waals surface area contributed by atoms with Crippen molar-refractivity contribution in [2.45, 2.75) is 26.3 Å². The maximum atomic E-state index is 10.7. The van der Waals surface area contributed by atoms with Gasteiger partial charge in [0.15, 0.2) is 0 Å². The van der Waals surface area contributed by atoms with Gasteiger partial charge < -0.3 is 15.3 Å². The Labute approximate surface area is 86.3 Å². The summed E-state index contributed by atoms with van der Waals surface area (Å²) in [6.45, 7) is 5.81. The number of likely N-dealkylation sites (N-methyl/N-ethyl adjacent to an activating group) is 2. The van der Waals surface area contributed by atoms with E-state index in [4.69, 9.17) is 5.11 Å². The van der Waals surface area contributed by atoms with E-state index in [2.05, 4.69) is 24.1 Å². The quantitative estimate of drug-likeness (QED) is 0.636. The molecule has 0 radical (unpaired) electrons. The van der Waals surface area contributed by atoms with Crippen LogP contribution in [0.2, 0.25) is 0 Å². The number of rotatable bonds is 7. The van der Waals surface area contributed by atoms with Crippen LogP contribution in [0, 0.1) is 5.92 Å². The number of hydrogen-bond acceptors (Lipinski definition) is 3. The average Bonchev–Trinajstić information content (AvgIpc) is 2.13. The lowest BCUT2D eigenvalue weighted by molar-refractivity contribution is -0.139. The van der Waals surface area contributed by atoms with Gasteiger partial charge in [0.25, 0.3) is 0 Å². The minimum atomic E-state index is -0.788. The van der Waals surface area contributed by atoms with E-state index in [0.717, 1.165) is 13.0 Å². The van der Waals surface area contributed by atoms with Crippen molar-refractivity contribution < 1.29 is 9.90 Å². The Bertz CT molecular complexity index is 174. The number of hydrogen-bond donors (Lipinski definition) is 2. The summed E-state index contributed by atoms with van der Waals surface area (Å²) in [6.07, 6.45) is 1.13. The van der Waals surface area contributed by atoms with Gasteiger partial charge in [0, 0.05) is 13.1 Å². The summed E-state index contributed by atoms with van der Waals surface area (Å²) in [4.78, 5) is 12.8. The molecule has 4 nitrogen and oxygen atoms in total. The normalized spacial score (nSPS) is 15.5. The first-order valence-electron chi connectivity index (χ1n) is 5.09. The Morgan fingerprint density at radius 3 is 2.43 bits per heavy atom. The lowest BCUT2D eigenvalue weighted by Crippen LogP contribution is -2.44. The third-order valence-corrected chi connectivity index (χ3v) is 2.46. The van der Waals surface area contributed by atoms with Crippen molar-refractivity contribution in [3.05, 3.63) is 0 Å². The molecular weight excluding hydrogens is 180 g/mol. The van der Waals surface area contributed by atoms with Gasteiger partial charge in [0.05, 0.1) is 0 Å². The summed E-state index contributed by atoms with van der Waals surface area (Å²) >= 11 is 0. The van der Waals surface area contributed by atoms with Crippen molar-refractivity contribution >= 4 is 5.97 Å². The molecule has 0 bridgehead atoms. The summed E-state index contributed by atoms with van der Waals surface area (Å²) in [6, 6.07) is -0.468. The maximum Gasteiger partial charge on any atom is 0.322 e. The number of carboxylic acids is 1. The first-order valence-corrected chi connectivity index (χ1v) is 5.09. The molecule has 4 heteroatoms. The van der Waals surface area contributed by atoms with Gasteiger partial charge in [-0.05, 0) is 20.0 Å². The van der Waals surface area contributed by atoms with Crippen molar-refractivity contribution in [3.8, 4) is 0 Å². The van der Waals surface area contributed by atoms with E-state index in [1.54, 1.807) is 7.05 Å². The molecule has 0 saturated heterocycles. The molecule has 0 aromatic rings. The number of nitrogens with zero attached hydrogens (tertiary/aromatic N) is 1. The fourth-order valence-corrected chi connectivity index (χ4v) is 1.34. The molecule has 14 heavy (non-hydrogen) atoms. The fourth-order valence-electron chi connectivity index (χ4n) is 1.34. The first kappa shape index (κ1) is 13.4. The molecule has 0 aliphatic heterocycles. The highest BCUT2D eigenvalue weighted by atomic mass is 16.4. The number of carboxylic acid groups (broad SMARTS) is 1. The van der Waals surface area contributed by atoms with Gasteiger partial charge in [0.2, 0.25) is 0 Å². The molecule has 0 aliphatic carbocycles. The van der Waals surface area contributed by atoms with Crippen molar-refractivity contribution in [2.24, 2.45) is 5.92 Å². The summed E-state index contributed by atoms with van der Waals surface area (Å²) in [5, 5.41) is 11.6. The molecule has 0 aromatic carbocycles. The van der Waals surface area contributed by atoms with Gasteiger partial charge in [-0.2, -0.15) is 0 Å². The van der Waals surface area contributed by atoms with Gasteiger partial charge >= 0.3 is 5.97 Å². The summed E-state index contributed by atoms with van der Waals surface area (Å²) < 4.78 is 0. The highest BCUT2D eigenvalue weighted by molar-refractivity contribution is 5.73. The van der Waals surface area contributed by atoms with Crippen LogP contribution in [0.5, 0.6) is 0 Å². The molecule has 0 aliphatic rings. The van der Waals surface area contributed by atoms with Crippen molar-refractivity contribution in [1.29, 1.82) is 0 Å². The zero-order chi connectivity index (χ0) is 11.1. The standard InChI is InChI=1S/C10H22N2O2/c1-5-8(2)6-12(4)7-9(11-3)10(13)14/h8-9,11H,5-7H2,1-4H3,(H,13,14). The van der Waals surface area contributed by atoms with E-state index in [-0.39, 0.29) is 0 Å². The van der Waals surface area contributed by atoms with Gasteiger partial charge in [-0.15, -0.1) is 0 Å². The predicted molar refractivity (Wildman–Crippen MR) is 57.4 cm³/mol. The molecule has 0 fully saturated rings. The molecule has 0 saturated carbocycles. The van der Waals surface area contributed by atoms with E-state index in [9.17, 15) is 4.79 Å². The number of aliphatic carboxylic acids is 1. The lowest BCUT2D eigenvalue weighted by Gasteiger charge is -2.23. The molecule has 2 unspecified atom stereocenters. The summed E-state index contributed by atoms with van der Waals surface area (Å²) in [5.74, 6) is -0.171. The van der Waals surface area contributed by atoms with E-state index in [1.807, 2.05) is 7.05 Å². The minimum Gasteiger partial charge on any atom is -0.480 e. The van der Waals surface area contributed by atoms with Gasteiger partial charge in [-0.3, -0.25) is 4.79 Å². The van der Waals surface area contributed by atoms with Crippen LogP contribution in [0.4, 0.5) is 0 Å². The first-order chi connectivity index (χ1) is 6.51. The average molecular weight is 202 g/mol. The van der Waals surface area contributed by atoms with E-state index in [0.29, 0.717) is 12.5 Å². The van der Waals surface area contributed by atoms with Crippen LogP contribution < -0.4 is 5.32 Å². The number of carbonyl (C=O) groups is 1. The van der Waals surface area contributed by atoms with Crippen molar-refractivity contribution in [3.63, 3.8) is 0 Å². The molecule has 0 rings (SSSR count). The van der Waals surface area contributed by atoms with E-state index in [1.165, 1.54) is 0 Å². The fraction of sp³-hybridized carbons (Fsp3) is 0.900. The van der Waals surface area contributed by atoms with Crippen LogP contribution in [0.1, 0.15) is 20.3 Å². The van der Waals surface area contributed by atoms with Crippen molar-refractivity contribution in [2.75, 3.05) is 27.2 Å². The largest absolute Gasteiger partial charge is 0.480 e. The number of nitrogens with one attached hydrogen (secondary N) is 1. The highest BCUT2D eigenvalue weighted by Crippen LogP contribution is 2.02. The molecule has 0 aromatic heterocycles. The summed E-state index contributed by atoms with van der Waals surface area (Å²) in [7, 11) is 3.63. The van der Waals surface area contributed by atoms with Crippen LogP contribution in [0.3, 0.4) is 0 Å². The van der Waals surface area contributed by atoms with Crippen LogP contribution in [-0.2, 0) is 4.79 Å². The van der Waals surface area contributed by atoms with Crippen LogP contribution in [0.15, 0.2) is 0 Å². The Kier molecular flexibility index (Phi) is 6.49. The van der Waals surface area contributed by atoms with E-state index < -0.39 is 12.0 Å². The molecule has 0 heterocycles. The Hall–Kier alpha value is -0.610. The third kappa shape index (κ3) is 5.19. The molecule has 0 amide bonds. The van der Waals surface area contributed by atoms with Crippen LogP contribution in [-0.4, -0.2) is 49.2 Å². The van der Waals surface area contributed by atoms with Crippen LogP contribution in [0.25, 0.3) is 0 Å².